The van der Waals surface area contributed by atoms with Crippen molar-refractivity contribution in [3.8, 4) is 0 Å². The summed E-state index contributed by atoms with van der Waals surface area (Å²) in [6.45, 7) is 5.06. The Labute approximate surface area is 120 Å². The first-order valence-electron chi connectivity index (χ1n) is 7.74. The van der Waals surface area contributed by atoms with Gasteiger partial charge in [0, 0.05) is 18.2 Å². The number of ether oxygens (including phenoxy) is 1. The number of nitrogens with zero attached hydrogens (tertiary/aromatic N) is 1. The SMILES string of the molecule is CCC1COCCN1CC(=O)c1ccc2c(c1)CCC2. The molecule has 0 N–H and O–H groups in total. The fraction of sp³-hybridized carbons (Fsp3) is 0.588. The fourth-order valence-corrected chi connectivity index (χ4v) is 3.29. The Balaban J connectivity index is 1.69. The number of rotatable bonds is 4. The number of aryl methyl sites for hydroxylation is 2. The number of hydrogen-bond acceptors (Lipinski definition) is 3. The van der Waals surface area contributed by atoms with E-state index in [1.54, 1.807) is 0 Å². The number of hydrogen-bond donors (Lipinski definition) is 0. The molecule has 0 spiro atoms. The van der Waals surface area contributed by atoms with Crippen molar-refractivity contribution in [1.82, 2.24) is 4.90 Å². The van der Waals surface area contributed by atoms with Gasteiger partial charge in [0.1, 0.15) is 0 Å². The van der Waals surface area contributed by atoms with Crippen LogP contribution in [-0.2, 0) is 17.6 Å². The summed E-state index contributed by atoms with van der Waals surface area (Å²) >= 11 is 0. The van der Waals surface area contributed by atoms with Crippen LogP contribution in [-0.4, -0.2) is 43.0 Å². The molecule has 1 heterocycles. The monoisotopic (exact) mass is 273 g/mol. The minimum atomic E-state index is 0.250. The Bertz CT molecular complexity index is 498. The molecule has 1 aliphatic carbocycles. The van der Waals surface area contributed by atoms with Crippen LogP contribution in [0.25, 0.3) is 0 Å². The topological polar surface area (TPSA) is 29.5 Å². The molecule has 0 saturated carbocycles. The van der Waals surface area contributed by atoms with Crippen molar-refractivity contribution in [3.63, 3.8) is 0 Å². The molecule has 0 bridgehead atoms. The molecule has 0 amide bonds. The molecular weight excluding hydrogens is 250 g/mol. The van der Waals surface area contributed by atoms with Gasteiger partial charge in [-0.15, -0.1) is 0 Å². The standard InChI is InChI=1S/C17H23NO2/c1-2-16-12-20-9-8-18(16)11-17(19)15-7-6-13-4-3-5-14(13)10-15/h6-7,10,16H,2-5,8-9,11-12H2,1H3. The van der Waals surface area contributed by atoms with Crippen LogP contribution in [0.2, 0.25) is 0 Å². The molecule has 1 fully saturated rings. The van der Waals surface area contributed by atoms with Crippen LogP contribution in [0.5, 0.6) is 0 Å². The maximum atomic E-state index is 12.5. The van der Waals surface area contributed by atoms with Gasteiger partial charge >= 0.3 is 0 Å². The average Bonchev–Trinajstić information content (AvgIpc) is 2.95. The van der Waals surface area contributed by atoms with E-state index in [1.807, 2.05) is 6.07 Å². The van der Waals surface area contributed by atoms with E-state index in [2.05, 4.69) is 24.0 Å². The van der Waals surface area contributed by atoms with Gasteiger partial charge in [0.2, 0.25) is 0 Å². The molecule has 0 radical (unpaired) electrons. The minimum absolute atomic E-state index is 0.250. The van der Waals surface area contributed by atoms with E-state index >= 15 is 0 Å². The quantitative estimate of drug-likeness (QED) is 0.789. The van der Waals surface area contributed by atoms with Gasteiger partial charge in [-0.3, -0.25) is 9.69 Å². The van der Waals surface area contributed by atoms with E-state index in [-0.39, 0.29) is 5.78 Å². The highest BCUT2D eigenvalue weighted by molar-refractivity contribution is 5.97. The Morgan fingerprint density at radius 1 is 1.35 bits per heavy atom. The summed E-state index contributed by atoms with van der Waals surface area (Å²) in [5.41, 5.74) is 3.69. The first-order chi connectivity index (χ1) is 9.78. The fourth-order valence-electron chi connectivity index (χ4n) is 3.29. The Kier molecular flexibility index (Phi) is 4.18. The maximum Gasteiger partial charge on any atom is 0.176 e. The highest BCUT2D eigenvalue weighted by Crippen LogP contribution is 2.23. The number of carbonyl (C=O) groups is 1. The number of ketones is 1. The lowest BCUT2D eigenvalue weighted by Crippen LogP contribution is -2.47. The molecule has 1 aromatic rings. The van der Waals surface area contributed by atoms with Gasteiger partial charge in [0.15, 0.2) is 5.78 Å². The lowest BCUT2D eigenvalue weighted by molar-refractivity contribution is -0.00585. The Morgan fingerprint density at radius 3 is 3.05 bits per heavy atom. The lowest BCUT2D eigenvalue weighted by atomic mass is 10.0. The second-order valence-electron chi connectivity index (χ2n) is 5.87. The maximum absolute atomic E-state index is 12.5. The van der Waals surface area contributed by atoms with Crippen LogP contribution >= 0.6 is 0 Å². The van der Waals surface area contributed by atoms with Crippen molar-refractivity contribution in [1.29, 1.82) is 0 Å². The second-order valence-corrected chi connectivity index (χ2v) is 5.87. The van der Waals surface area contributed by atoms with Crippen molar-refractivity contribution in [2.45, 2.75) is 38.6 Å². The van der Waals surface area contributed by atoms with E-state index in [0.29, 0.717) is 12.6 Å². The molecule has 1 unspecified atom stereocenters. The Hall–Kier alpha value is -1.19. The molecule has 3 heteroatoms. The highest BCUT2D eigenvalue weighted by Gasteiger charge is 2.24. The van der Waals surface area contributed by atoms with Crippen LogP contribution in [0.15, 0.2) is 18.2 Å². The van der Waals surface area contributed by atoms with Gasteiger partial charge in [-0.05, 0) is 42.9 Å². The molecule has 1 atom stereocenters. The Morgan fingerprint density at radius 2 is 2.20 bits per heavy atom. The lowest BCUT2D eigenvalue weighted by Gasteiger charge is -2.34. The largest absolute Gasteiger partial charge is 0.378 e. The van der Waals surface area contributed by atoms with Crippen LogP contribution in [0.1, 0.15) is 41.3 Å². The first kappa shape index (κ1) is 13.8. The van der Waals surface area contributed by atoms with E-state index in [9.17, 15) is 4.79 Å². The zero-order valence-electron chi connectivity index (χ0n) is 12.2. The molecule has 3 nitrogen and oxygen atoms in total. The molecular formula is C17H23NO2. The van der Waals surface area contributed by atoms with E-state index in [4.69, 9.17) is 4.74 Å². The number of morpholine rings is 1. The number of carbonyl (C=O) groups excluding carboxylic acids is 1. The van der Waals surface area contributed by atoms with Crippen molar-refractivity contribution in [2.24, 2.45) is 0 Å². The molecule has 3 rings (SSSR count). The summed E-state index contributed by atoms with van der Waals surface area (Å²) in [5.74, 6) is 0.250. The van der Waals surface area contributed by atoms with Gasteiger partial charge in [0.05, 0.1) is 19.8 Å². The van der Waals surface area contributed by atoms with Gasteiger partial charge < -0.3 is 4.74 Å². The summed E-state index contributed by atoms with van der Waals surface area (Å²) < 4.78 is 5.50. The molecule has 108 valence electrons. The van der Waals surface area contributed by atoms with Crippen molar-refractivity contribution in [2.75, 3.05) is 26.3 Å². The highest BCUT2D eigenvalue weighted by atomic mass is 16.5. The summed E-state index contributed by atoms with van der Waals surface area (Å²) in [4.78, 5) is 14.8. The van der Waals surface area contributed by atoms with Crippen molar-refractivity contribution < 1.29 is 9.53 Å². The first-order valence-corrected chi connectivity index (χ1v) is 7.74. The summed E-state index contributed by atoms with van der Waals surface area (Å²) in [6.07, 6.45) is 4.57. The zero-order valence-corrected chi connectivity index (χ0v) is 12.2. The molecule has 1 aliphatic heterocycles. The van der Waals surface area contributed by atoms with E-state index in [1.165, 1.54) is 24.0 Å². The van der Waals surface area contributed by atoms with Crippen LogP contribution in [0.3, 0.4) is 0 Å². The van der Waals surface area contributed by atoms with Gasteiger partial charge in [-0.1, -0.05) is 19.1 Å². The van der Waals surface area contributed by atoms with Crippen LogP contribution in [0.4, 0.5) is 0 Å². The molecule has 2 aliphatic rings. The second kappa shape index (κ2) is 6.06. The predicted molar refractivity (Wildman–Crippen MR) is 79.3 cm³/mol. The summed E-state index contributed by atoms with van der Waals surface area (Å²) in [7, 11) is 0. The summed E-state index contributed by atoms with van der Waals surface area (Å²) in [5, 5.41) is 0. The van der Waals surface area contributed by atoms with Gasteiger partial charge in [-0.2, -0.15) is 0 Å². The molecule has 20 heavy (non-hydrogen) atoms. The van der Waals surface area contributed by atoms with E-state index in [0.717, 1.165) is 38.2 Å². The molecule has 0 aromatic heterocycles. The summed E-state index contributed by atoms with van der Waals surface area (Å²) in [6, 6.07) is 6.66. The van der Waals surface area contributed by atoms with Crippen molar-refractivity contribution in [3.05, 3.63) is 34.9 Å². The van der Waals surface area contributed by atoms with E-state index < -0.39 is 0 Å². The number of benzene rings is 1. The van der Waals surface area contributed by atoms with Crippen LogP contribution < -0.4 is 0 Å². The smallest absolute Gasteiger partial charge is 0.176 e. The normalized spacial score (nSPS) is 22.8. The number of Topliss-reactive ketones (excluding diaryl/α,β-unsaturated/α-hetero) is 1. The average molecular weight is 273 g/mol. The third-order valence-electron chi connectivity index (χ3n) is 4.59. The van der Waals surface area contributed by atoms with Crippen LogP contribution in [0, 0.1) is 0 Å². The number of fused-ring (bicyclic) bond motifs is 1. The van der Waals surface area contributed by atoms with Gasteiger partial charge in [0.25, 0.3) is 0 Å². The zero-order chi connectivity index (χ0) is 13.9. The predicted octanol–water partition coefficient (Wildman–Crippen LogP) is 2.47. The van der Waals surface area contributed by atoms with Crippen molar-refractivity contribution >= 4 is 5.78 Å². The third-order valence-corrected chi connectivity index (χ3v) is 4.59. The minimum Gasteiger partial charge on any atom is -0.378 e. The van der Waals surface area contributed by atoms with Gasteiger partial charge in [-0.25, -0.2) is 0 Å². The molecule has 1 aromatic carbocycles. The molecule has 1 saturated heterocycles. The third kappa shape index (κ3) is 2.79.